The Balaban J connectivity index is 1.83. The first-order chi connectivity index (χ1) is 10.1. The number of allylic oxidation sites excluding steroid dienone is 1. The van der Waals surface area contributed by atoms with Gasteiger partial charge in [-0.25, -0.2) is 4.79 Å². The van der Waals surface area contributed by atoms with Crippen molar-refractivity contribution in [2.24, 2.45) is 0 Å². The molecule has 0 aliphatic heterocycles. The van der Waals surface area contributed by atoms with Crippen LogP contribution in [-0.4, -0.2) is 11.9 Å². The lowest BCUT2D eigenvalue weighted by Crippen LogP contribution is -2.24. The molecule has 0 spiro atoms. The molecular weight excluding hydrogens is 266 g/mol. The van der Waals surface area contributed by atoms with Crippen molar-refractivity contribution >= 4 is 23.3 Å². The van der Waals surface area contributed by atoms with E-state index in [4.69, 9.17) is 0 Å². The van der Waals surface area contributed by atoms with Crippen LogP contribution in [0.5, 0.6) is 0 Å². The highest BCUT2D eigenvalue weighted by Gasteiger charge is 2.06. The summed E-state index contributed by atoms with van der Waals surface area (Å²) in [5.41, 5.74) is 2.69. The van der Waals surface area contributed by atoms with E-state index in [-0.39, 0.29) is 11.9 Å². The summed E-state index contributed by atoms with van der Waals surface area (Å²) in [6.45, 7) is 1.46. The maximum atomic E-state index is 11.8. The first-order valence-electron chi connectivity index (χ1n) is 7.26. The second-order valence-electron chi connectivity index (χ2n) is 5.22. The van der Waals surface area contributed by atoms with Crippen molar-refractivity contribution in [1.82, 2.24) is 5.32 Å². The van der Waals surface area contributed by atoms with Crippen LogP contribution >= 0.6 is 0 Å². The summed E-state index contributed by atoms with van der Waals surface area (Å²) in [4.78, 5) is 22.7. The third-order valence-corrected chi connectivity index (χ3v) is 3.37. The molecule has 5 nitrogen and oxygen atoms in total. The third kappa shape index (κ3) is 5.30. The van der Waals surface area contributed by atoms with Gasteiger partial charge in [0.25, 0.3) is 0 Å². The van der Waals surface area contributed by atoms with Gasteiger partial charge in [-0.2, -0.15) is 0 Å². The zero-order valence-corrected chi connectivity index (χ0v) is 12.2. The number of anilines is 2. The van der Waals surface area contributed by atoms with Crippen LogP contribution < -0.4 is 16.0 Å². The number of rotatable bonds is 3. The predicted octanol–water partition coefficient (Wildman–Crippen LogP) is 3.61. The molecule has 0 atom stereocenters. The van der Waals surface area contributed by atoms with Crippen molar-refractivity contribution in [2.45, 2.75) is 39.0 Å². The fourth-order valence-electron chi connectivity index (χ4n) is 2.33. The molecule has 21 heavy (non-hydrogen) atoms. The Labute approximate surface area is 124 Å². The molecule has 3 N–H and O–H groups in total. The minimum Gasteiger partial charge on any atom is -0.326 e. The molecule has 0 bridgehead atoms. The Bertz CT molecular complexity index is 527. The van der Waals surface area contributed by atoms with E-state index < -0.39 is 0 Å². The van der Waals surface area contributed by atoms with Crippen molar-refractivity contribution in [3.63, 3.8) is 0 Å². The van der Waals surface area contributed by atoms with Crippen LogP contribution in [0, 0.1) is 0 Å². The van der Waals surface area contributed by atoms with Gasteiger partial charge in [0.2, 0.25) is 5.91 Å². The van der Waals surface area contributed by atoms with Crippen LogP contribution in [0.4, 0.5) is 16.2 Å². The summed E-state index contributed by atoms with van der Waals surface area (Å²) in [5, 5.41) is 8.20. The number of amides is 3. The second kappa shape index (κ2) is 7.47. The van der Waals surface area contributed by atoms with Crippen LogP contribution in [0.1, 0.15) is 39.0 Å². The second-order valence-corrected chi connectivity index (χ2v) is 5.22. The molecule has 0 saturated heterocycles. The maximum absolute atomic E-state index is 11.8. The molecule has 1 saturated carbocycles. The number of urea groups is 1. The van der Waals surface area contributed by atoms with E-state index >= 15 is 0 Å². The molecule has 5 heteroatoms. The van der Waals surface area contributed by atoms with E-state index in [1.165, 1.54) is 31.8 Å². The van der Waals surface area contributed by atoms with Crippen molar-refractivity contribution in [1.29, 1.82) is 0 Å². The van der Waals surface area contributed by atoms with Crippen LogP contribution in [0.2, 0.25) is 0 Å². The van der Waals surface area contributed by atoms with Gasteiger partial charge in [0.1, 0.15) is 0 Å². The van der Waals surface area contributed by atoms with Crippen molar-refractivity contribution < 1.29 is 9.59 Å². The van der Waals surface area contributed by atoms with Gasteiger partial charge in [0.15, 0.2) is 0 Å². The number of hydrogen-bond acceptors (Lipinski definition) is 2. The first-order valence-corrected chi connectivity index (χ1v) is 7.26. The number of benzene rings is 1. The van der Waals surface area contributed by atoms with Gasteiger partial charge in [0.05, 0.1) is 0 Å². The van der Waals surface area contributed by atoms with Gasteiger partial charge in [-0.3, -0.25) is 4.79 Å². The molecule has 1 aromatic carbocycles. The summed E-state index contributed by atoms with van der Waals surface area (Å²) < 4.78 is 0. The van der Waals surface area contributed by atoms with Crippen LogP contribution in [0.15, 0.2) is 36.0 Å². The number of hydrogen-bond donors (Lipinski definition) is 3. The topological polar surface area (TPSA) is 70.2 Å². The van der Waals surface area contributed by atoms with E-state index in [0.717, 1.165) is 12.8 Å². The lowest BCUT2D eigenvalue weighted by molar-refractivity contribution is -0.114. The van der Waals surface area contributed by atoms with E-state index in [9.17, 15) is 9.59 Å². The van der Waals surface area contributed by atoms with Crippen molar-refractivity contribution in [3.8, 4) is 0 Å². The van der Waals surface area contributed by atoms with Gasteiger partial charge >= 0.3 is 6.03 Å². The average molecular weight is 287 g/mol. The van der Waals surface area contributed by atoms with Crippen LogP contribution in [-0.2, 0) is 4.79 Å². The minimum absolute atomic E-state index is 0.118. The summed E-state index contributed by atoms with van der Waals surface area (Å²) in [7, 11) is 0. The average Bonchev–Trinajstić information content (AvgIpc) is 2.48. The molecule has 2 rings (SSSR count). The van der Waals surface area contributed by atoms with Crippen molar-refractivity contribution in [3.05, 3.63) is 36.0 Å². The largest absolute Gasteiger partial charge is 0.326 e. The molecule has 0 aromatic heterocycles. The third-order valence-electron chi connectivity index (χ3n) is 3.37. The standard InChI is InChI=1S/C16H21N3O2/c1-12(20)18-14-7-9-15(10-8-14)19-16(21)17-11-13-5-3-2-4-6-13/h7-11H,2-6H2,1H3,(H,18,20)(H2,17,19,21). The fourth-order valence-corrected chi connectivity index (χ4v) is 2.33. The first kappa shape index (κ1) is 15.1. The molecule has 112 valence electrons. The van der Waals surface area contributed by atoms with Gasteiger partial charge in [-0.15, -0.1) is 0 Å². The van der Waals surface area contributed by atoms with Crippen LogP contribution in [0.25, 0.3) is 0 Å². The molecule has 3 amide bonds. The lowest BCUT2D eigenvalue weighted by atomic mass is 9.96. The molecule has 0 radical (unpaired) electrons. The maximum Gasteiger partial charge on any atom is 0.323 e. The monoisotopic (exact) mass is 287 g/mol. The van der Waals surface area contributed by atoms with Gasteiger partial charge in [-0.05, 0) is 49.9 Å². The molecule has 1 aliphatic carbocycles. The number of carbonyl (C=O) groups excluding carboxylic acids is 2. The van der Waals surface area contributed by atoms with E-state index in [2.05, 4.69) is 16.0 Å². The molecule has 0 unspecified atom stereocenters. The number of nitrogens with one attached hydrogen (secondary N) is 3. The summed E-state index contributed by atoms with van der Waals surface area (Å²) in [6, 6.07) is 6.74. The Morgan fingerprint density at radius 2 is 1.52 bits per heavy atom. The highest BCUT2D eigenvalue weighted by molar-refractivity contribution is 5.91. The fraction of sp³-hybridized carbons (Fsp3) is 0.375. The molecule has 1 fully saturated rings. The SMILES string of the molecule is CC(=O)Nc1ccc(NC(=O)NC=C2CCCCC2)cc1. The van der Waals surface area contributed by atoms with E-state index in [1.807, 2.05) is 6.20 Å². The molecule has 1 aliphatic rings. The Kier molecular flexibility index (Phi) is 5.37. The highest BCUT2D eigenvalue weighted by atomic mass is 16.2. The van der Waals surface area contributed by atoms with Gasteiger partial charge < -0.3 is 16.0 Å². The normalized spacial score (nSPS) is 14.2. The van der Waals surface area contributed by atoms with Gasteiger partial charge in [-0.1, -0.05) is 12.0 Å². The lowest BCUT2D eigenvalue weighted by Gasteiger charge is -2.13. The van der Waals surface area contributed by atoms with E-state index in [1.54, 1.807) is 24.3 Å². The quantitative estimate of drug-likeness (QED) is 0.794. The molecule has 1 aromatic rings. The summed E-state index contributed by atoms with van der Waals surface area (Å²) in [6.07, 6.45) is 7.67. The van der Waals surface area contributed by atoms with Gasteiger partial charge in [0, 0.05) is 24.5 Å². The minimum atomic E-state index is -0.250. The van der Waals surface area contributed by atoms with Crippen LogP contribution in [0.3, 0.4) is 0 Å². The Hall–Kier alpha value is -2.30. The highest BCUT2D eigenvalue weighted by Crippen LogP contribution is 2.21. The predicted molar refractivity (Wildman–Crippen MR) is 84.1 cm³/mol. The summed E-state index contributed by atoms with van der Waals surface area (Å²) >= 11 is 0. The zero-order valence-electron chi connectivity index (χ0n) is 12.2. The number of carbonyl (C=O) groups is 2. The zero-order chi connectivity index (χ0) is 15.1. The Morgan fingerprint density at radius 3 is 2.10 bits per heavy atom. The summed E-state index contributed by atoms with van der Waals surface area (Å²) in [5.74, 6) is -0.118. The molecular formula is C16H21N3O2. The van der Waals surface area contributed by atoms with Crippen molar-refractivity contribution in [2.75, 3.05) is 10.6 Å². The molecule has 0 heterocycles. The smallest absolute Gasteiger partial charge is 0.323 e. The van der Waals surface area contributed by atoms with E-state index in [0.29, 0.717) is 11.4 Å². The Morgan fingerprint density at radius 1 is 0.952 bits per heavy atom.